The topological polar surface area (TPSA) is 0 Å². The van der Waals surface area contributed by atoms with Crippen LogP contribution in [0.25, 0.3) is 0 Å². The van der Waals surface area contributed by atoms with Crippen molar-refractivity contribution < 1.29 is 0 Å². The van der Waals surface area contributed by atoms with Crippen LogP contribution in [0.1, 0.15) is 41.0 Å². The van der Waals surface area contributed by atoms with Crippen molar-refractivity contribution in [3.63, 3.8) is 0 Å². The molecule has 0 radical (unpaired) electrons. The molecule has 0 N–H and O–H groups in total. The van der Waals surface area contributed by atoms with Gasteiger partial charge in [0, 0.05) is 10.5 Å². The minimum Gasteiger partial charge on any atom is -0.153 e. The largest absolute Gasteiger partial charge is 0.153 e. The van der Waals surface area contributed by atoms with Gasteiger partial charge in [0.1, 0.15) is 0 Å². The third-order valence-corrected chi connectivity index (χ3v) is 4.86. The summed E-state index contributed by atoms with van der Waals surface area (Å²) in [5.74, 6) is 2.71. The van der Waals surface area contributed by atoms with Crippen LogP contribution in [0, 0.1) is 17.8 Å². The Balaban J connectivity index is 2.44. The summed E-state index contributed by atoms with van der Waals surface area (Å²) in [4.78, 5) is 0. The molecule has 72 valence electrons. The molecule has 0 aromatic heterocycles. The van der Waals surface area contributed by atoms with Gasteiger partial charge in [-0.05, 0) is 17.8 Å². The molecule has 0 aromatic rings. The van der Waals surface area contributed by atoms with Crippen molar-refractivity contribution in [1.82, 2.24) is 0 Å². The van der Waals surface area contributed by atoms with E-state index in [0.717, 1.165) is 28.3 Å². The molecule has 1 saturated heterocycles. The lowest BCUT2D eigenvalue weighted by molar-refractivity contribution is 0.272. The van der Waals surface area contributed by atoms with E-state index in [4.69, 9.17) is 0 Å². The Kier molecular flexibility index (Phi) is 3.51. The molecule has 0 aromatic carbocycles. The Hall–Kier alpha value is 0.350. The van der Waals surface area contributed by atoms with Crippen molar-refractivity contribution in [2.24, 2.45) is 17.8 Å². The van der Waals surface area contributed by atoms with E-state index in [1.807, 2.05) is 0 Å². The van der Waals surface area contributed by atoms with Gasteiger partial charge in [0.05, 0.1) is 0 Å². The fourth-order valence-electron chi connectivity index (χ4n) is 2.05. The summed E-state index contributed by atoms with van der Waals surface area (Å²) in [6.45, 7) is 11.8. The Morgan fingerprint density at radius 2 is 1.75 bits per heavy atom. The summed E-state index contributed by atoms with van der Waals surface area (Å²) in [6, 6.07) is 0. The van der Waals surface area contributed by atoms with Crippen LogP contribution in [0.2, 0.25) is 0 Å². The first-order valence-corrected chi connectivity index (χ1v) is 6.17. The standard InChI is InChI=1S/C11H22S/c1-6-10(8(4)7(2)3)11-9(5)12-11/h7-11H,6H2,1-5H3. The van der Waals surface area contributed by atoms with Gasteiger partial charge >= 0.3 is 0 Å². The molecule has 1 rings (SSSR count). The third-order valence-electron chi connectivity index (χ3n) is 3.38. The maximum atomic E-state index is 2.42. The molecule has 0 amide bonds. The molecule has 0 nitrogen and oxygen atoms in total. The maximum Gasteiger partial charge on any atom is 0.0197 e. The second kappa shape index (κ2) is 4.04. The molecule has 0 spiro atoms. The second-order valence-electron chi connectivity index (χ2n) is 4.48. The van der Waals surface area contributed by atoms with E-state index in [1.54, 1.807) is 0 Å². The lowest BCUT2D eigenvalue weighted by Crippen LogP contribution is -2.21. The van der Waals surface area contributed by atoms with Crippen LogP contribution in [-0.2, 0) is 0 Å². The average molecular weight is 186 g/mol. The molecular formula is C11H22S. The van der Waals surface area contributed by atoms with Crippen LogP contribution in [0.5, 0.6) is 0 Å². The predicted molar refractivity (Wildman–Crippen MR) is 58.6 cm³/mol. The lowest BCUT2D eigenvalue weighted by atomic mass is 9.81. The summed E-state index contributed by atoms with van der Waals surface area (Å²) in [6.07, 6.45) is 1.36. The first-order valence-electron chi connectivity index (χ1n) is 5.23. The monoisotopic (exact) mass is 186 g/mol. The fraction of sp³-hybridized carbons (Fsp3) is 1.00. The molecule has 1 heteroatoms. The fourth-order valence-corrected chi connectivity index (χ4v) is 3.30. The summed E-state index contributed by atoms with van der Waals surface area (Å²) >= 11 is 2.17. The van der Waals surface area contributed by atoms with Gasteiger partial charge in [0.15, 0.2) is 0 Å². The Morgan fingerprint density at radius 3 is 2.00 bits per heavy atom. The first kappa shape index (κ1) is 10.4. The van der Waals surface area contributed by atoms with E-state index in [-0.39, 0.29) is 0 Å². The zero-order chi connectivity index (χ0) is 9.30. The van der Waals surface area contributed by atoms with Gasteiger partial charge in [-0.25, -0.2) is 0 Å². The Labute approximate surface area is 81.5 Å². The van der Waals surface area contributed by atoms with E-state index >= 15 is 0 Å². The van der Waals surface area contributed by atoms with E-state index in [1.165, 1.54) is 6.42 Å². The maximum absolute atomic E-state index is 2.42. The van der Waals surface area contributed by atoms with E-state index in [2.05, 4.69) is 46.4 Å². The smallest absolute Gasteiger partial charge is 0.0197 e. The van der Waals surface area contributed by atoms with Gasteiger partial charge in [-0.2, -0.15) is 11.8 Å². The van der Waals surface area contributed by atoms with Crippen molar-refractivity contribution in [1.29, 1.82) is 0 Å². The normalized spacial score (nSPS) is 33.5. The summed E-state index contributed by atoms with van der Waals surface area (Å²) in [5, 5.41) is 1.92. The summed E-state index contributed by atoms with van der Waals surface area (Å²) in [5.41, 5.74) is 0. The van der Waals surface area contributed by atoms with E-state index in [0.29, 0.717) is 0 Å². The summed E-state index contributed by atoms with van der Waals surface area (Å²) < 4.78 is 0. The predicted octanol–water partition coefficient (Wildman–Crippen LogP) is 3.81. The third kappa shape index (κ3) is 2.18. The SMILES string of the molecule is CCC(C(C)C(C)C)C1SC1C. The molecule has 1 aliphatic rings. The van der Waals surface area contributed by atoms with Gasteiger partial charge in [-0.15, -0.1) is 0 Å². The molecule has 4 atom stereocenters. The highest BCUT2D eigenvalue weighted by Crippen LogP contribution is 2.50. The molecule has 1 fully saturated rings. The number of hydrogen-bond donors (Lipinski definition) is 0. The molecule has 0 aliphatic carbocycles. The van der Waals surface area contributed by atoms with Gasteiger partial charge < -0.3 is 0 Å². The van der Waals surface area contributed by atoms with E-state index < -0.39 is 0 Å². The minimum absolute atomic E-state index is 0.850. The Bertz CT molecular complexity index is 142. The van der Waals surface area contributed by atoms with Crippen molar-refractivity contribution in [3.05, 3.63) is 0 Å². The molecule has 1 aliphatic heterocycles. The van der Waals surface area contributed by atoms with Gasteiger partial charge in [-0.1, -0.05) is 41.0 Å². The van der Waals surface area contributed by atoms with Gasteiger partial charge in [-0.3, -0.25) is 0 Å². The van der Waals surface area contributed by atoms with Crippen LogP contribution in [0.15, 0.2) is 0 Å². The molecule has 12 heavy (non-hydrogen) atoms. The molecule has 0 bridgehead atoms. The van der Waals surface area contributed by atoms with Gasteiger partial charge in [0.2, 0.25) is 0 Å². The number of thioether (sulfide) groups is 1. The summed E-state index contributed by atoms with van der Waals surface area (Å²) in [7, 11) is 0. The second-order valence-corrected chi connectivity index (χ2v) is 6.04. The lowest BCUT2D eigenvalue weighted by Gasteiger charge is -2.25. The zero-order valence-electron chi connectivity index (χ0n) is 9.00. The zero-order valence-corrected chi connectivity index (χ0v) is 9.82. The molecule has 0 saturated carbocycles. The van der Waals surface area contributed by atoms with Crippen molar-refractivity contribution in [2.75, 3.05) is 0 Å². The van der Waals surface area contributed by atoms with E-state index in [9.17, 15) is 0 Å². The van der Waals surface area contributed by atoms with Crippen molar-refractivity contribution >= 4 is 11.8 Å². The van der Waals surface area contributed by atoms with Crippen LogP contribution in [0.3, 0.4) is 0 Å². The quantitative estimate of drug-likeness (QED) is 0.602. The van der Waals surface area contributed by atoms with Crippen LogP contribution in [0.4, 0.5) is 0 Å². The Morgan fingerprint density at radius 1 is 1.25 bits per heavy atom. The molecule has 1 heterocycles. The van der Waals surface area contributed by atoms with Gasteiger partial charge in [0.25, 0.3) is 0 Å². The van der Waals surface area contributed by atoms with Crippen molar-refractivity contribution in [3.8, 4) is 0 Å². The highest BCUT2D eigenvalue weighted by molar-refractivity contribution is 8.07. The average Bonchev–Trinajstić information content (AvgIpc) is 2.68. The highest BCUT2D eigenvalue weighted by atomic mass is 32.2. The van der Waals surface area contributed by atoms with Crippen LogP contribution in [-0.4, -0.2) is 10.5 Å². The minimum atomic E-state index is 0.850. The first-order chi connectivity index (χ1) is 5.57. The van der Waals surface area contributed by atoms with Crippen LogP contribution >= 0.6 is 11.8 Å². The molecular weight excluding hydrogens is 164 g/mol. The number of rotatable bonds is 4. The number of hydrogen-bond acceptors (Lipinski definition) is 1. The highest BCUT2D eigenvalue weighted by Gasteiger charge is 2.42. The van der Waals surface area contributed by atoms with Crippen LogP contribution < -0.4 is 0 Å². The van der Waals surface area contributed by atoms with Crippen molar-refractivity contribution in [2.45, 2.75) is 51.5 Å². The molecule has 4 unspecified atom stereocenters.